The summed E-state index contributed by atoms with van der Waals surface area (Å²) in [5, 5.41) is 13.2. The van der Waals surface area contributed by atoms with Crippen molar-refractivity contribution in [2.24, 2.45) is 0 Å². The minimum Gasteiger partial charge on any atom is -0.392 e. The van der Waals surface area contributed by atoms with Gasteiger partial charge in [-0.05, 0) is 33.2 Å². The van der Waals surface area contributed by atoms with Crippen molar-refractivity contribution in [2.45, 2.75) is 44.9 Å². The highest BCUT2D eigenvalue weighted by Crippen LogP contribution is 2.11. The van der Waals surface area contributed by atoms with Gasteiger partial charge in [-0.1, -0.05) is 0 Å². The van der Waals surface area contributed by atoms with Crippen molar-refractivity contribution in [1.82, 2.24) is 10.2 Å². The Morgan fingerprint density at radius 1 is 1.50 bits per heavy atom. The minimum absolute atomic E-state index is 0.192. The lowest BCUT2D eigenvalue weighted by Crippen LogP contribution is -2.47. The van der Waals surface area contributed by atoms with Gasteiger partial charge in [0.2, 0.25) is 0 Å². The Bertz CT molecular complexity index is 182. The molecule has 2 N–H and O–H groups in total. The van der Waals surface area contributed by atoms with Gasteiger partial charge in [0.15, 0.2) is 0 Å². The normalized spacial score (nSPS) is 24.9. The van der Waals surface area contributed by atoms with Crippen LogP contribution in [0.5, 0.6) is 0 Å². The van der Waals surface area contributed by atoms with Crippen LogP contribution >= 0.6 is 0 Å². The van der Waals surface area contributed by atoms with Crippen molar-refractivity contribution in [3.8, 4) is 0 Å². The van der Waals surface area contributed by atoms with Gasteiger partial charge in [-0.25, -0.2) is 0 Å². The molecule has 0 aromatic heterocycles. The molecular weight excluding hydrogens is 204 g/mol. The zero-order valence-corrected chi connectivity index (χ0v) is 10.8. The van der Waals surface area contributed by atoms with Crippen molar-refractivity contribution < 1.29 is 9.84 Å². The Hall–Kier alpha value is -0.160. The predicted octanol–water partition coefficient (Wildman–Crippen LogP) is 0.456. The van der Waals surface area contributed by atoms with Gasteiger partial charge in [-0.3, -0.25) is 4.90 Å². The highest BCUT2D eigenvalue weighted by Gasteiger charge is 2.23. The summed E-state index contributed by atoms with van der Waals surface area (Å²) in [6, 6.07) is 0.774. The molecule has 0 aromatic rings. The molecule has 1 heterocycles. The number of rotatable bonds is 7. The Labute approximate surface area is 99.0 Å². The average molecular weight is 230 g/mol. The van der Waals surface area contributed by atoms with E-state index < -0.39 is 0 Å². The maximum Gasteiger partial charge on any atom is 0.0664 e. The van der Waals surface area contributed by atoms with Gasteiger partial charge in [0, 0.05) is 32.3 Å². The highest BCUT2D eigenvalue weighted by atomic mass is 16.5. The fraction of sp³-hybridized carbons (Fsp3) is 1.00. The van der Waals surface area contributed by atoms with Crippen LogP contribution in [0.2, 0.25) is 0 Å². The third kappa shape index (κ3) is 4.37. The summed E-state index contributed by atoms with van der Waals surface area (Å²) in [6.45, 7) is 7.69. The minimum atomic E-state index is -0.293. The third-order valence-electron chi connectivity index (χ3n) is 3.47. The van der Waals surface area contributed by atoms with E-state index in [4.69, 9.17) is 4.74 Å². The van der Waals surface area contributed by atoms with Crippen molar-refractivity contribution >= 4 is 0 Å². The van der Waals surface area contributed by atoms with Gasteiger partial charge in [0.25, 0.3) is 0 Å². The number of nitrogens with zero attached hydrogens (tertiary/aromatic N) is 1. The SMILES string of the molecule is COCCN(CC1CCCN1)C(C)C(C)O. The van der Waals surface area contributed by atoms with Crippen LogP contribution < -0.4 is 5.32 Å². The monoisotopic (exact) mass is 230 g/mol. The molecular formula is C12H26N2O2. The molecule has 96 valence electrons. The number of ether oxygens (including phenoxy) is 1. The van der Waals surface area contributed by atoms with E-state index in [2.05, 4.69) is 17.1 Å². The second-order valence-corrected chi connectivity index (χ2v) is 4.76. The smallest absolute Gasteiger partial charge is 0.0664 e. The van der Waals surface area contributed by atoms with Crippen LogP contribution in [0, 0.1) is 0 Å². The van der Waals surface area contributed by atoms with Crippen LogP contribution in [-0.4, -0.2) is 61.5 Å². The molecule has 0 spiro atoms. The topological polar surface area (TPSA) is 44.7 Å². The van der Waals surface area contributed by atoms with Gasteiger partial charge in [-0.15, -0.1) is 0 Å². The largest absolute Gasteiger partial charge is 0.392 e. The number of methoxy groups -OCH3 is 1. The van der Waals surface area contributed by atoms with Crippen LogP contribution in [0.3, 0.4) is 0 Å². The van der Waals surface area contributed by atoms with Crippen molar-refractivity contribution in [1.29, 1.82) is 0 Å². The van der Waals surface area contributed by atoms with Gasteiger partial charge < -0.3 is 15.2 Å². The van der Waals surface area contributed by atoms with E-state index in [0.717, 1.165) is 26.2 Å². The molecule has 1 aliphatic rings. The molecule has 1 aliphatic heterocycles. The number of aliphatic hydroxyl groups is 1. The Morgan fingerprint density at radius 2 is 2.25 bits per heavy atom. The molecule has 3 atom stereocenters. The molecule has 4 nitrogen and oxygen atoms in total. The second-order valence-electron chi connectivity index (χ2n) is 4.76. The molecule has 0 bridgehead atoms. The van der Waals surface area contributed by atoms with Crippen molar-refractivity contribution in [2.75, 3.05) is 33.4 Å². The van der Waals surface area contributed by atoms with Crippen LogP contribution in [0.4, 0.5) is 0 Å². The molecule has 0 radical (unpaired) electrons. The number of nitrogens with one attached hydrogen (secondary N) is 1. The maximum absolute atomic E-state index is 9.66. The first-order valence-electron chi connectivity index (χ1n) is 6.29. The molecule has 1 fully saturated rings. The predicted molar refractivity (Wildman–Crippen MR) is 65.6 cm³/mol. The standard InChI is InChI=1S/C12H26N2O2/c1-10(11(2)15)14(7-8-16-3)9-12-5-4-6-13-12/h10-13,15H,4-9H2,1-3H3. The molecule has 16 heavy (non-hydrogen) atoms. The van der Waals surface area contributed by atoms with Gasteiger partial charge in [-0.2, -0.15) is 0 Å². The number of hydrogen-bond acceptors (Lipinski definition) is 4. The van der Waals surface area contributed by atoms with Gasteiger partial charge >= 0.3 is 0 Å². The third-order valence-corrected chi connectivity index (χ3v) is 3.47. The average Bonchev–Trinajstić information content (AvgIpc) is 2.75. The number of hydrogen-bond donors (Lipinski definition) is 2. The number of aliphatic hydroxyl groups excluding tert-OH is 1. The summed E-state index contributed by atoms with van der Waals surface area (Å²) >= 11 is 0. The molecule has 1 saturated heterocycles. The summed E-state index contributed by atoms with van der Waals surface area (Å²) in [5.74, 6) is 0. The van der Waals surface area contributed by atoms with Gasteiger partial charge in [0.05, 0.1) is 12.7 Å². The van der Waals surface area contributed by atoms with E-state index in [9.17, 15) is 5.11 Å². The fourth-order valence-electron chi connectivity index (χ4n) is 2.17. The van der Waals surface area contributed by atoms with Crippen molar-refractivity contribution in [3.63, 3.8) is 0 Å². The Kier molecular flexibility index (Phi) is 6.28. The lowest BCUT2D eigenvalue weighted by molar-refractivity contribution is 0.0474. The van der Waals surface area contributed by atoms with Crippen LogP contribution in [-0.2, 0) is 4.74 Å². The lowest BCUT2D eigenvalue weighted by Gasteiger charge is -2.32. The van der Waals surface area contributed by atoms with E-state index in [-0.39, 0.29) is 12.1 Å². The van der Waals surface area contributed by atoms with E-state index in [1.807, 2.05) is 6.92 Å². The quantitative estimate of drug-likeness (QED) is 0.667. The summed E-state index contributed by atoms with van der Waals surface area (Å²) < 4.78 is 5.12. The van der Waals surface area contributed by atoms with E-state index in [1.165, 1.54) is 12.8 Å². The van der Waals surface area contributed by atoms with Crippen LogP contribution in [0.15, 0.2) is 0 Å². The summed E-state index contributed by atoms with van der Waals surface area (Å²) in [4.78, 5) is 2.32. The Morgan fingerprint density at radius 3 is 2.75 bits per heavy atom. The first kappa shape index (κ1) is 13.9. The molecule has 3 unspecified atom stereocenters. The maximum atomic E-state index is 9.66. The Balaban J connectivity index is 2.41. The zero-order chi connectivity index (χ0) is 12.0. The zero-order valence-electron chi connectivity index (χ0n) is 10.8. The highest BCUT2D eigenvalue weighted by molar-refractivity contribution is 4.81. The molecule has 0 saturated carbocycles. The second kappa shape index (κ2) is 7.22. The molecule has 1 rings (SSSR count). The van der Waals surface area contributed by atoms with E-state index >= 15 is 0 Å². The van der Waals surface area contributed by atoms with E-state index in [1.54, 1.807) is 7.11 Å². The summed E-state index contributed by atoms with van der Waals surface area (Å²) in [6.07, 6.45) is 2.22. The van der Waals surface area contributed by atoms with Crippen LogP contribution in [0.1, 0.15) is 26.7 Å². The summed E-state index contributed by atoms with van der Waals surface area (Å²) in [7, 11) is 1.72. The van der Waals surface area contributed by atoms with Gasteiger partial charge in [0.1, 0.15) is 0 Å². The molecule has 0 aromatic carbocycles. The fourth-order valence-corrected chi connectivity index (χ4v) is 2.17. The molecule has 0 amide bonds. The first-order chi connectivity index (χ1) is 7.65. The summed E-state index contributed by atoms with van der Waals surface area (Å²) in [5.41, 5.74) is 0. The first-order valence-corrected chi connectivity index (χ1v) is 6.29. The van der Waals surface area contributed by atoms with E-state index in [0.29, 0.717) is 6.04 Å². The molecule has 4 heteroatoms. The molecule has 0 aliphatic carbocycles. The van der Waals surface area contributed by atoms with Crippen molar-refractivity contribution in [3.05, 3.63) is 0 Å². The van der Waals surface area contributed by atoms with Crippen LogP contribution in [0.25, 0.3) is 0 Å². The lowest BCUT2D eigenvalue weighted by atomic mass is 10.1.